The van der Waals surface area contributed by atoms with E-state index >= 15 is 0 Å². The zero-order valence-electron chi connectivity index (χ0n) is 12.2. The number of hydrogen-bond donors (Lipinski definition) is 2. The van der Waals surface area contributed by atoms with Gasteiger partial charge in [0.05, 0.1) is 13.2 Å². The molecule has 4 nitrogen and oxygen atoms in total. The lowest BCUT2D eigenvalue weighted by Crippen LogP contribution is -2.54. The number of hydrogen-bond acceptors (Lipinski definition) is 3. The summed E-state index contributed by atoms with van der Waals surface area (Å²) in [4.78, 5) is 14.1. The molecule has 0 atom stereocenters. The van der Waals surface area contributed by atoms with Gasteiger partial charge in [0.2, 0.25) is 5.91 Å². The summed E-state index contributed by atoms with van der Waals surface area (Å²) in [6, 6.07) is 0. The Morgan fingerprint density at radius 1 is 1.26 bits per heavy atom. The van der Waals surface area contributed by atoms with Gasteiger partial charge >= 0.3 is 0 Å². The van der Waals surface area contributed by atoms with Crippen LogP contribution in [0.1, 0.15) is 51.9 Å². The number of nitrogens with one attached hydrogen (secondary N) is 1. The van der Waals surface area contributed by atoms with Crippen molar-refractivity contribution in [2.45, 2.75) is 57.4 Å². The van der Waals surface area contributed by atoms with Gasteiger partial charge in [0.15, 0.2) is 0 Å². The van der Waals surface area contributed by atoms with Crippen molar-refractivity contribution < 1.29 is 9.90 Å². The van der Waals surface area contributed by atoms with Gasteiger partial charge in [-0.3, -0.25) is 4.79 Å². The molecular formula is C15H28N2O2. The zero-order chi connectivity index (χ0) is 13.7. The largest absolute Gasteiger partial charge is 0.394 e. The first-order valence-corrected chi connectivity index (χ1v) is 7.79. The maximum absolute atomic E-state index is 12.1. The van der Waals surface area contributed by atoms with E-state index in [0.717, 1.165) is 57.5 Å². The fraction of sp³-hybridized carbons (Fsp3) is 0.933. The molecule has 2 aliphatic rings. The van der Waals surface area contributed by atoms with E-state index < -0.39 is 0 Å². The lowest BCUT2D eigenvalue weighted by atomic mass is 9.77. The Morgan fingerprint density at radius 3 is 2.47 bits per heavy atom. The Bertz CT molecular complexity index is 293. The van der Waals surface area contributed by atoms with Gasteiger partial charge in [-0.15, -0.1) is 0 Å². The van der Waals surface area contributed by atoms with E-state index in [2.05, 4.69) is 12.2 Å². The summed E-state index contributed by atoms with van der Waals surface area (Å²) >= 11 is 0. The molecule has 1 heterocycles. The van der Waals surface area contributed by atoms with Crippen molar-refractivity contribution in [1.82, 2.24) is 10.2 Å². The quantitative estimate of drug-likeness (QED) is 0.813. The molecule has 0 aromatic heterocycles. The summed E-state index contributed by atoms with van der Waals surface area (Å²) in [6.07, 6.45) is 7.77. The molecule has 0 unspecified atom stereocenters. The summed E-state index contributed by atoms with van der Waals surface area (Å²) < 4.78 is 0. The molecule has 110 valence electrons. The average Bonchev–Trinajstić information content (AvgIpc) is 2.48. The number of rotatable bonds is 4. The van der Waals surface area contributed by atoms with Gasteiger partial charge in [0.25, 0.3) is 0 Å². The number of nitrogens with zero attached hydrogens (tertiary/aromatic N) is 1. The molecule has 0 spiro atoms. The van der Waals surface area contributed by atoms with Crippen LogP contribution in [-0.2, 0) is 4.79 Å². The number of carbonyl (C=O) groups is 1. The molecule has 1 aliphatic heterocycles. The third-order valence-corrected chi connectivity index (χ3v) is 4.86. The molecule has 0 radical (unpaired) electrons. The standard InChI is InChI=1S/C15H28N2O2/c1-13-5-7-15(12-18,8-6-13)16-11-14(19)17-9-3-2-4-10-17/h13,16,18H,2-12H2,1H3. The maximum atomic E-state index is 12.1. The van der Waals surface area contributed by atoms with Crippen LogP contribution in [0.2, 0.25) is 0 Å². The fourth-order valence-corrected chi connectivity index (χ4v) is 3.22. The summed E-state index contributed by atoms with van der Waals surface area (Å²) in [5, 5.41) is 13.0. The van der Waals surface area contributed by atoms with Gasteiger partial charge in [-0.05, 0) is 50.9 Å². The Hall–Kier alpha value is -0.610. The van der Waals surface area contributed by atoms with Crippen LogP contribution in [-0.4, -0.2) is 47.7 Å². The molecule has 0 aromatic carbocycles. The Labute approximate surface area is 116 Å². The lowest BCUT2D eigenvalue weighted by Gasteiger charge is -2.39. The maximum Gasteiger partial charge on any atom is 0.236 e. The van der Waals surface area contributed by atoms with Crippen LogP contribution in [0.4, 0.5) is 0 Å². The van der Waals surface area contributed by atoms with Crippen LogP contribution >= 0.6 is 0 Å². The van der Waals surface area contributed by atoms with Gasteiger partial charge in [0, 0.05) is 18.6 Å². The Balaban J connectivity index is 1.80. The number of aliphatic hydroxyl groups is 1. The number of carbonyl (C=O) groups excluding carboxylic acids is 1. The van der Waals surface area contributed by atoms with E-state index in [1.165, 1.54) is 6.42 Å². The Kier molecular flexibility index (Phi) is 5.22. The minimum atomic E-state index is -0.210. The van der Waals surface area contributed by atoms with Gasteiger partial charge < -0.3 is 15.3 Å². The summed E-state index contributed by atoms with van der Waals surface area (Å²) in [7, 11) is 0. The smallest absolute Gasteiger partial charge is 0.236 e. The molecule has 1 saturated carbocycles. The van der Waals surface area contributed by atoms with Gasteiger partial charge in [0.1, 0.15) is 0 Å². The average molecular weight is 268 g/mol. The minimum Gasteiger partial charge on any atom is -0.394 e. The topological polar surface area (TPSA) is 52.6 Å². The number of likely N-dealkylation sites (tertiary alicyclic amines) is 1. The van der Waals surface area contributed by atoms with Crippen LogP contribution in [0.3, 0.4) is 0 Å². The zero-order valence-corrected chi connectivity index (χ0v) is 12.2. The van der Waals surface area contributed by atoms with Crippen molar-refractivity contribution in [2.24, 2.45) is 5.92 Å². The van der Waals surface area contributed by atoms with E-state index in [1.54, 1.807) is 0 Å². The molecule has 2 N–H and O–H groups in total. The molecule has 0 aromatic rings. The third kappa shape index (κ3) is 3.93. The second-order valence-corrected chi connectivity index (χ2v) is 6.42. The van der Waals surface area contributed by atoms with Crippen molar-refractivity contribution in [3.05, 3.63) is 0 Å². The molecular weight excluding hydrogens is 240 g/mol. The van der Waals surface area contributed by atoms with E-state index in [1.807, 2.05) is 4.90 Å². The van der Waals surface area contributed by atoms with Crippen molar-refractivity contribution in [3.8, 4) is 0 Å². The first kappa shape index (κ1) is 14.8. The molecule has 4 heteroatoms. The van der Waals surface area contributed by atoms with Crippen molar-refractivity contribution in [3.63, 3.8) is 0 Å². The van der Waals surface area contributed by atoms with E-state index in [-0.39, 0.29) is 18.1 Å². The van der Waals surface area contributed by atoms with Crippen LogP contribution in [0.15, 0.2) is 0 Å². The second-order valence-electron chi connectivity index (χ2n) is 6.42. The summed E-state index contributed by atoms with van der Waals surface area (Å²) in [5.74, 6) is 0.949. The summed E-state index contributed by atoms with van der Waals surface area (Å²) in [6.45, 7) is 4.61. The van der Waals surface area contributed by atoms with Crippen LogP contribution < -0.4 is 5.32 Å². The summed E-state index contributed by atoms with van der Waals surface area (Å²) in [5.41, 5.74) is -0.210. The van der Waals surface area contributed by atoms with Crippen LogP contribution in [0.5, 0.6) is 0 Å². The highest BCUT2D eigenvalue weighted by atomic mass is 16.3. The first-order chi connectivity index (χ1) is 9.15. The molecule has 1 amide bonds. The normalized spacial score (nSPS) is 32.3. The highest BCUT2D eigenvalue weighted by molar-refractivity contribution is 5.78. The van der Waals surface area contributed by atoms with Crippen molar-refractivity contribution in [2.75, 3.05) is 26.2 Å². The highest BCUT2D eigenvalue weighted by Gasteiger charge is 2.34. The van der Waals surface area contributed by atoms with E-state index in [9.17, 15) is 9.90 Å². The van der Waals surface area contributed by atoms with Gasteiger partial charge in [-0.25, -0.2) is 0 Å². The monoisotopic (exact) mass is 268 g/mol. The van der Waals surface area contributed by atoms with Crippen molar-refractivity contribution >= 4 is 5.91 Å². The predicted molar refractivity (Wildman–Crippen MR) is 75.9 cm³/mol. The lowest BCUT2D eigenvalue weighted by molar-refractivity contribution is -0.131. The van der Waals surface area contributed by atoms with Crippen molar-refractivity contribution in [1.29, 1.82) is 0 Å². The highest BCUT2D eigenvalue weighted by Crippen LogP contribution is 2.31. The molecule has 1 saturated heterocycles. The van der Waals surface area contributed by atoms with E-state index in [0.29, 0.717) is 6.54 Å². The molecule has 19 heavy (non-hydrogen) atoms. The number of piperidine rings is 1. The molecule has 0 bridgehead atoms. The first-order valence-electron chi connectivity index (χ1n) is 7.79. The van der Waals surface area contributed by atoms with Crippen LogP contribution in [0, 0.1) is 5.92 Å². The van der Waals surface area contributed by atoms with E-state index in [4.69, 9.17) is 0 Å². The van der Waals surface area contributed by atoms with Gasteiger partial charge in [-0.1, -0.05) is 6.92 Å². The number of amides is 1. The molecule has 1 aliphatic carbocycles. The predicted octanol–water partition coefficient (Wildman–Crippen LogP) is 1.53. The third-order valence-electron chi connectivity index (χ3n) is 4.86. The van der Waals surface area contributed by atoms with Crippen LogP contribution in [0.25, 0.3) is 0 Å². The SMILES string of the molecule is CC1CCC(CO)(NCC(=O)N2CCCCC2)CC1. The molecule has 2 fully saturated rings. The number of aliphatic hydroxyl groups excluding tert-OH is 1. The second kappa shape index (κ2) is 6.71. The van der Waals surface area contributed by atoms with Gasteiger partial charge in [-0.2, -0.15) is 0 Å². The Morgan fingerprint density at radius 2 is 1.89 bits per heavy atom. The molecule has 2 rings (SSSR count). The fourth-order valence-electron chi connectivity index (χ4n) is 3.22. The minimum absolute atomic E-state index is 0.146.